The van der Waals surface area contributed by atoms with Gasteiger partial charge in [0.05, 0.1) is 25.0 Å². The van der Waals surface area contributed by atoms with E-state index in [-0.39, 0.29) is 17.3 Å². The smallest absolute Gasteiger partial charge is 0.243 e. The first kappa shape index (κ1) is 21.1. The van der Waals surface area contributed by atoms with Crippen molar-refractivity contribution in [3.8, 4) is 11.5 Å². The number of benzene rings is 1. The highest BCUT2D eigenvalue weighted by Crippen LogP contribution is 2.32. The minimum absolute atomic E-state index is 0.117. The molecule has 0 spiro atoms. The van der Waals surface area contributed by atoms with Crippen LogP contribution in [0.2, 0.25) is 0 Å². The van der Waals surface area contributed by atoms with Gasteiger partial charge in [-0.3, -0.25) is 9.78 Å². The molecular weight excluding hydrogens is 394 g/mol. The molecule has 156 valence electrons. The summed E-state index contributed by atoms with van der Waals surface area (Å²) in [5, 5.41) is 2.88. The van der Waals surface area contributed by atoms with Crippen LogP contribution in [0.25, 0.3) is 0 Å². The van der Waals surface area contributed by atoms with Gasteiger partial charge >= 0.3 is 0 Å². The van der Waals surface area contributed by atoms with Crippen LogP contribution >= 0.6 is 0 Å². The van der Waals surface area contributed by atoms with Crippen molar-refractivity contribution >= 4 is 15.9 Å². The van der Waals surface area contributed by atoms with E-state index in [0.29, 0.717) is 37.4 Å². The van der Waals surface area contributed by atoms with Gasteiger partial charge in [-0.25, -0.2) is 8.42 Å². The van der Waals surface area contributed by atoms with Crippen LogP contribution in [0.4, 0.5) is 0 Å². The minimum atomic E-state index is -3.75. The maximum Gasteiger partial charge on any atom is 0.243 e. The summed E-state index contributed by atoms with van der Waals surface area (Å²) in [6, 6.07) is 8.18. The highest BCUT2D eigenvalue weighted by molar-refractivity contribution is 7.89. The molecule has 1 aliphatic heterocycles. The SMILES string of the molecule is COc1ccc(S(=O)(=O)N2CCCC(C(=O)NCc3cccnc3)C2)cc1OC. The van der Waals surface area contributed by atoms with Gasteiger partial charge in [-0.2, -0.15) is 4.31 Å². The van der Waals surface area contributed by atoms with Crippen molar-refractivity contribution in [2.75, 3.05) is 27.3 Å². The Morgan fingerprint density at radius 2 is 2.03 bits per heavy atom. The van der Waals surface area contributed by atoms with E-state index in [9.17, 15) is 13.2 Å². The summed E-state index contributed by atoms with van der Waals surface area (Å²) in [5.41, 5.74) is 0.895. The van der Waals surface area contributed by atoms with Crippen molar-refractivity contribution in [2.45, 2.75) is 24.3 Å². The first-order chi connectivity index (χ1) is 14.0. The molecule has 1 aromatic heterocycles. The van der Waals surface area contributed by atoms with E-state index >= 15 is 0 Å². The molecule has 1 N–H and O–H groups in total. The van der Waals surface area contributed by atoms with Crippen molar-refractivity contribution in [3.05, 3.63) is 48.3 Å². The topological polar surface area (TPSA) is 97.8 Å². The van der Waals surface area contributed by atoms with Gasteiger partial charge in [-0.15, -0.1) is 0 Å². The molecule has 0 aliphatic carbocycles. The number of amides is 1. The fraction of sp³-hybridized carbons (Fsp3) is 0.400. The minimum Gasteiger partial charge on any atom is -0.493 e. The Bertz CT molecular complexity index is 950. The van der Waals surface area contributed by atoms with Gasteiger partial charge in [0.25, 0.3) is 0 Å². The van der Waals surface area contributed by atoms with Gasteiger partial charge in [-0.05, 0) is 36.6 Å². The lowest BCUT2D eigenvalue weighted by Gasteiger charge is -2.31. The van der Waals surface area contributed by atoms with Crippen LogP contribution in [0, 0.1) is 5.92 Å². The van der Waals surface area contributed by atoms with Crippen molar-refractivity contribution in [3.63, 3.8) is 0 Å². The summed E-state index contributed by atoms with van der Waals surface area (Å²) in [6.45, 7) is 0.893. The summed E-state index contributed by atoms with van der Waals surface area (Å²) in [6.07, 6.45) is 4.63. The lowest BCUT2D eigenvalue weighted by Crippen LogP contribution is -2.45. The van der Waals surface area contributed by atoms with E-state index in [1.165, 1.54) is 30.7 Å². The summed E-state index contributed by atoms with van der Waals surface area (Å²) >= 11 is 0. The van der Waals surface area contributed by atoms with E-state index < -0.39 is 15.9 Å². The molecule has 8 nitrogen and oxygen atoms in total. The van der Waals surface area contributed by atoms with E-state index in [1.807, 2.05) is 6.07 Å². The second kappa shape index (κ2) is 9.23. The average molecular weight is 420 g/mol. The Hall–Kier alpha value is -2.65. The molecule has 0 saturated carbocycles. The number of rotatable bonds is 7. The number of hydrogen-bond donors (Lipinski definition) is 1. The molecule has 0 bridgehead atoms. The number of carbonyl (C=O) groups is 1. The summed E-state index contributed by atoms with van der Waals surface area (Å²) < 4.78 is 37.9. The lowest BCUT2D eigenvalue weighted by molar-refractivity contribution is -0.126. The van der Waals surface area contributed by atoms with E-state index in [0.717, 1.165) is 5.56 Å². The van der Waals surface area contributed by atoms with E-state index in [1.54, 1.807) is 24.5 Å². The number of hydrogen-bond acceptors (Lipinski definition) is 6. The lowest BCUT2D eigenvalue weighted by atomic mass is 9.99. The first-order valence-electron chi connectivity index (χ1n) is 9.34. The fourth-order valence-corrected chi connectivity index (χ4v) is 4.88. The molecule has 2 aromatic rings. The predicted molar refractivity (Wildman–Crippen MR) is 107 cm³/mol. The number of nitrogens with one attached hydrogen (secondary N) is 1. The zero-order chi connectivity index (χ0) is 20.9. The third-order valence-corrected chi connectivity index (χ3v) is 6.80. The Morgan fingerprint density at radius 3 is 2.72 bits per heavy atom. The molecule has 1 aliphatic rings. The molecule has 1 amide bonds. The average Bonchev–Trinajstić information content (AvgIpc) is 2.77. The molecule has 0 radical (unpaired) electrons. The summed E-state index contributed by atoms with van der Waals surface area (Å²) in [7, 11) is -0.798. The van der Waals surface area contributed by atoms with Gasteiger partial charge < -0.3 is 14.8 Å². The number of piperidine rings is 1. The van der Waals surface area contributed by atoms with Crippen LogP contribution in [0.15, 0.2) is 47.6 Å². The molecule has 29 heavy (non-hydrogen) atoms. The van der Waals surface area contributed by atoms with Crippen LogP contribution in [0.5, 0.6) is 11.5 Å². The normalized spacial score (nSPS) is 17.5. The van der Waals surface area contributed by atoms with Crippen LogP contribution in [0.3, 0.4) is 0 Å². The number of nitrogens with zero attached hydrogens (tertiary/aromatic N) is 2. The number of aromatic nitrogens is 1. The monoisotopic (exact) mass is 419 g/mol. The zero-order valence-corrected chi connectivity index (χ0v) is 17.3. The summed E-state index contributed by atoms with van der Waals surface area (Å²) in [5.74, 6) is 0.255. The molecule has 9 heteroatoms. The number of sulfonamides is 1. The number of pyridine rings is 1. The highest BCUT2D eigenvalue weighted by atomic mass is 32.2. The second-order valence-corrected chi connectivity index (χ2v) is 8.74. The zero-order valence-electron chi connectivity index (χ0n) is 16.5. The first-order valence-corrected chi connectivity index (χ1v) is 10.8. The Labute approximate surface area is 170 Å². The number of carbonyl (C=O) groups excluding carboxylic acids is 1. The third kappa shape index (κ3) is 4.86. The van der Waals surface area contributed by atoms with Gasteiger partial charge in [0, 0.05) is 38.1 Å². The van der Waals surface area contributed by atoms with Crippen LogP contribution < -0.4 is 14.8 Å². The molecule has 1 fully saturated rings. The van der Waals surface area contributed by atoms with Crippen LogP contribution in [-0.4, -0.2) is 50.9 Å². The van der Waals surface area contributed by atoms with E-state index in [2.05, 4.69) is 10.3 Å². The van der Waals surface area contributed by atoms with Crippen molar-refractivity contribution in [1.82, 2.24) is 14.6 Å². The standard InChI is InChI=1S/C20H25N3O5S/c1-27-18-8-7-17(11-19(18)28-2)29(25,26)23-10-4-6-16(14-23)20(24)22-13-15-5-3-9-21-12-15/h3,5,7-9,11-12,16H,4,6,10,13-14H2,1-2H3,(H,22,24). The molecular formula is C20H25N3O5S. The Balaban J connectivity index is 1.70. The van der Waals surface area contributed by atoms with Gasteiger partial charge in [0.2, 0.25) is 15.9 Å². The molecule has 1 atom stereocenters. The highest BCUT2D eigenvalue weighted by Gasteiger charge is 2.33. The van der Waals surface area contributed by atoms with Crippen molar-refractivity contribution < 1.29 is 22.7 Å². The molecule has 2 heterocycles. The maximum absolute atomic E-state index is 13.1. The van der Waals surface area contributed by atoms with Crippen molar-refractivity contribution in [2.24, 2.45) is 5.92 Å². The van der Waals surface area contributed by atoms with Crippen LogP contribution in [0.1, 0.15) is 18.4 Å². The maximum atomic E-state index is 13.1. The second-order valence-electron chi connectivity index (χ2n) is 6.80. The van der Waals surface area contributed by atoms with Gasteiger partial charge in [-0.1, -0.05) is 6.07 Å². The molecule has 1 unspecified atom stereocenters. The van der Waals surface area contributed by atoms with Crippen molar-refractivity contribution in [1.29, 1.82) is 0 Å². The van der Waals surface area contributed by atoms with Crippen LogP contribution in [-0.2, 0) is 21.4 Å². The molecule has 3 rings (SSSR count). The van der Waals surface area contributed by atoms with E-state index in [4.69, 9.17) is 9.47 Å². The Morgan fingerprint density at radius 1 is 1.24 bits per heavy atom. The fourth-order valence-electron chi connectivity index (χ4n) is 3.34. The number of ether oxygens (including phenoxy) is 2. The quantitative estimate of drug-likeness (QED) is 0.735. The summed E-state index contributed by atoms with van der Waals surface area (Å²) in [4.78, 5) is 16.7. The van der Waals surface area contributed by atoms with Gasteiger partial charge in [0.15, 0.2) is 11.5 Å². The Kier molecular flexibility index (Phi) is 6.71. The predicted octanol–water partition coefficient (Wildman–Crippen LogP) is 1.82. The number of methoxy groups -OCH3 is 2. The largest absolute Gasteiger partial charge is 0.493 e. The molecule has 1 aromatic carbocycles. The third-order valence-electron chi connectivity index (χ3n) is 4.94. The van der Waals surface area contributed by atoms with Gasteiger partial charge in [0.1, 0.15) is 0 Å². The molecule has 1 saturated heterocycles.